The topological polar surface area (TPSA) is 72.9 Å². The summed E-state index contributed by atoms with van der Waals surface area (Å²) in [6.45, 7) is 4.26. The second-order valence-corrected chi connectivity index (χ2v) is 7.30. The monoisotopic (exact) mass is 414 g/mol. The lowest BCUT2D eigenvalue weighted by Crippen LogP contribution is -2.39. The predicted molar refractivity (Wildman–Crippen MR) is 116 cm³/mol. The number of carbonyl (C=O) groups excluding carboxylic acids is 1. The Morgan fingerprint density at radius 3 is 2.59 bits per heavy atom. The van der Waals surface area contributed by atoms with Crippen LogP contribution in [0.4, 0.5) is 0 Å². The molecule has 1 aromatic heterocycles. The third kappa shape index (κ3) is 5.59. The highest BCUT2D eigenvalue weighted by molar-refractivity contribution is 5.85. The van der Waals surface area contributed by atoms with Gasteiger partial charge in [0.2, 0.25) is 5.91 Å². The molecule has 5 nitrogen and oxygen atoms in total. The SMILES string of the molecule is CCn1c(CCNC(=O)CC2(CN)CCCCC2)nc2ccccc21.Cl.Cl. The summed E-state index contributed by atoms with van der Waals surface area (Å²) < 4.78 is 2.23. The van der Waals surface area contributed by atoms with Gasteiger partial charge in [0.25, 0.3) is 0 Å². The van der Waals surface area contributed by atoms with Crippen molar-refractivity contribution in [3.05, 3.63) is 30.1 Å². The van der Waals surface area contributed by atoms with Crippen LogP contribution in [0.3, 0.4) is 0 Å². The number of rotatable bonds is 7. The molecule has 7 heteroatoms. The van der Waals surface area contributed by atoms with Crippen molar-refractivity contribution in [3.8, 4) is 0 Å². The minimum Gasteiger partial charge on any atom is -0.356 e. The Balaban J connectivity index is 0.00000182. The highest BCUT2D eigenvalue weighted by Crippen LogP contribution is 2.38. The number of hydrogen-bond donors (Lipinski definition) is 2. The number of imidazole rings is 1. The highest BCUT2D eigenvalue weighted by atomic mass is 35.5. The molecule has 0 radical (unpaired) electrons. The number of amides is 1. The number of para-hydroxylation sites is 2. The van der Waals surface area contributed by atoms with Crippen molar-refractivity contribution < 1.29 is 4.79 Å². The third-order valence-electron chi connectivity index (χ3n) is 5.60. The zero-order valence-corrected chi connectivity index (χ0v) is 17.7. The molecule has 0 bridgehead atoms. The van der Waals surface area contributed by atoms with Crippen LogP contribution in [0.5, 0.6) is 0 Å². The van der Waals surface area contributed by atoms with E-state index < -0.39 is 0 Å². The van der Waals surface area contributed by atoms with Crippen molar-refractivity contribution in [2.45, 2.75) is 58.4 Å². The molecule has 0 spiro atoms. The molecule has 1 heterocycles. The molecule has 3 N–H and O–H groups in total. The number of carbonyl (C=O) groups is 1. The summed E-state index contributed by atoms with van der Waals surface area (Å²) in [7, 11) is 0. The van der Waals surface area contributed by atoms with E-state index in [0.29, 0.717) is 19.5 Å². The standard InChI is InChI=1S/C20H30N4O.2ClH/c1-2-24-17-9-5-4-8-16(17)23-18(24)10-13-22-19(25)14-20(15-21)11-6-3-7-12-20;;/h4-5,8-9H,2-3,6-7,10-15,21H2,1H3,(H,22,25);2*1H. The third-order valence-corrected chi connectivity index (χ3v) is 5.60. The van der Waals surface area contributed by atoms with E-state index in [1.165, 1.54) is 19.3 Å². The fraction of sp³-hybridized carbons (Fsp3) is 0.600. The first kappa shape index (κ1) is 23.7. The van der Waals surface area contributed by atoms with Gasteiger partial charge in [-0.2, -0.15) is 0 Å². The van der Waals surface area contributed by atoms with Crippen LogP contribution in [0.2, 0.25) is 0 Å². The van der Waals surface area contributed by atoms with Gasteiger partial charge in [0.15, 0.2) is 0 Å². The van der Waals surface area contributed by atoms with E-state index in [1.54, 1.807) is 0 Å². The number of nitrogens with two attached hydrogens (primary N) is 1. The van der Waals surface area contributed by atoms with Gasteiger partial charge in [0, 0.05) is 25.9 Å². The predicted octanol–water partition coefficient (Wildman–Crippen LogP) is 3.86. The Hall–Kier alpha value is -1.30. The van der Waals surface area contributed by atoms with Crippen molar-refractivity contribution in [2.75, 3.05) is 13.1 Å². The van der Waals surface area contributed by atoms with Gasteiger partial charge in [-0.15, -0.1) is 24.8 Å². The van der Waals surface area contributed by atoms with E-state index in [1.807, 2.05) is 18.2 Å². The summed E-state index contributed by atoms with van der Waals surface area (Å²) in [5.74, 6) is 1.17. The zero-order valence-electron chi connectivity index (χ0n) is 16.1. The average molecular weight is 415 g/mol. The maximum Gasteiger partial charge on any atom is 0.220 e. The van der Waals surface area contributed by atoms with Crippen LogP contribution < -0.4 is 11.1 Å². The first-order valence-corrected chi connectivity index (χ1v) is 9.58. The Kier molecular flexibility index (Phi) is 9.57. The fourth-order valence-corrected chi connectivity index (χ4v) is 4.14. The van der Waals surface area contributed by atoms with Gasteiger partial charge < -0.3 is 15.6 Å². The lowest BCUT2D eigenvalue weighted by molar-refractivity contribution is -0.123. The Morgan fingerprint density at radius 2 is 1.93 bits per heavy atom. The molecule has 0 atom stereocenters. The van der Waals surface area contributed by atoms with Gasteiger partial charge in [-0.25, -0.2) is 4.98 Å². The van der Waals surface area contributed by atoms with Crippen molar-refractivity contribution in [2.24, 2.45) is 11.1 Å². The normalized spacial score (nSPS) is 15.6. The molecule has 0 aliphatic heterocycles. The molecule has 1 aliphatic carbocycles. The molecular weight excluding hydrogens is 383 g/mol. The van der Waals surface area contributed by atoms with Crippen molar-refractivity contribution in [1.82, 2.24) is 14.9 Å². The van der Waals surface area contributed by atoms with Gasteiger partial charge in [0.05, 0.1) is 11.0 Å². The Bertz CT molecular complexity index is 726. The van der Waals surface area contributed by atoms with Gasteiger partial charge >= 0.3 is 0 Å². The number of benzene rings is 1. The molecule has 1 saturated carbocycles. The molecule has 27 heavy (non-hydrogen) atoms. The van der Waals surface area contributed by atoms with Crippen LogP contribution in [0.1, 0.15) is 51.3 Å². The zero-order chi connectivity index (χ0) is 17.7. The molecule has 0 unspecified atom stereocenters. The number of aromatic nitrogens is 2. The number of aryl methyl sites for hydroxylation is 1. The molecule has 1 aromatic carbocycles. The van der Waals surface area contributed by atoms with Gasteiger partial charge in [-0.3, -0.25) is 4.79 Å². The van der Waals surface area contributed by atoms with Crippen molar-refractivity contribution in [1.29, 1.82) is 0 Å². The van der Waals surface area contributed by atoms with Gasteiger partial charge in [0.1, 0.15) is 5.82 Å². The maximum atomic E-state index is 12.4. The Labute approximate surface area is 174 Å². The molecule has 152 valence electrons. The average Bonchev–Trinajstić information content (AvgIpc) is 2.99. The molecule has 1 aliphatic rings. The maximum absolute atomic E-state index is 12.4. The number of fused-ring (bicyclic) bond motifs is 1. The van der Waals surface area contributed by atoms with Gasteiger partial charge in [-0.1, -0.05) is 31.4 Å². The first-order valence-electron chi connectivity index (χ1n) is 9.58. The largest absolute Gasteiger partial charge is 0.356 e. The van der Waals surface area contributed by atoms with Crippen LogP contribution in [0, 0.1) is 5.41 Å². The van der Waals surface area contributed by atoms with Crippen LogP contribution in [0.25, 0.3) is 11.0 Å². The second-order valence-electron chi connectivity index (χ2n) is 7.30. The minimum atomic E-state index is 0. The summed E-state index contributed by atoms with van der Waals surface area (Å²) in [6.07, 6.45) is 7.16. The number of halogens is 2. The summed E-state index contributed by atoms with van der Waals surface area (Å²) in [4.78, 5) is 17.1. The molecule has 2 aromatic rings. The Morgan fingerprint density at radius 1 is 1.22 bits per heavy atom. The van der Waals surface area contributed by atoms with E-state index in [0.717, 1.165) is 42.7 Å². The lowest BCUT2D eigenvalue weighted by Gasteiger charge is -2.35. The summed E-state index contributed by atoms with van der Waals surface area (Å²) in [6, 6.07) is 8.19. The molecule has 0 saturated heterocycles. The number of nitrogens with zero attached hydrogens (tertiary/aromatic N) is 2. The molecule has 1 fully saturated rings. The fourth-order valence-electron chi connectivity index (χ4n) is 4.14. The number of nitrogens with one attached hydrogen (secondary N) is 1. The summed E-state index contributed by atoms with van der Waals surface area (Å²) >= 11 is 0. The van der Waals surface area contributed by atoms with Crippen LogP contribution >= 0.6 is 24.8 Å². The van der Waals surface area contributed by atoms with E-state index in [9.17, 15) is 4.79 Å². The van der Waals surface area contributed by atoms with Gasteiger partial charge in [-0.05, 0) is 43.9 Å². The second kappa shape index (κ2) is 10.9. The van der Waals surface area contributed by atoms with Crippen molar-refractivity contribution in [3.63, 3.8) is 0 Å². The first-order chi connectivity index (χ1) is 12.2. The van der Waals surface area contributed by atoms with E-state index >= 15 is 0 Å². The molecule has 3 rings (SSSR count). The van der Waals surface area contributed by atoms with E-state index in [-0.39, 0.29) is 36.1 Å². The van der Waals surface area contributed by atoms with Crippen LogP contribution in [-0.2, 0) is 17.8 Å². The smallest absolute Gasteiger partial charge is 0.220 e. The van der Waals surface area contributed by atoms with Crippen molar-refractivity contribution >= 4 is 41.8 Å². The van der Waals surface area contributed by atoms with Crippen LogP contribution in [0.15, 0.2) is 24.3 Å². The number of hydrogen-bond acceptors (Lipinski definition) is 3. The van der Waals surface area contributed by atoms with E-state index in [2.05, 4.69) is 22.9 Å². The highest BCUT2D eigenvalue weighted by Gasteiger charge is 2.32. The molecular formula is C20H32Cl2N4O. The van der Waals surface area contributed by atoms with E-state index in [4.69, 9.17) is 10.7 Å². The van der Waals surface area contributed by atoms with Crippen LogP contribution in [-0.4, -0.2) is 28.5 Å². The lowest BCUT2D eigenvalue weighted by atomic mass is 9.71. The quantitative estimate of drug-likeness (QED) is 0.721. The molecule has 1 amide bonds. The summed E-state index contributed by atoms with van der Waals surface area (Å²) in [5, 5.41) is 3.09. The minimum absolute atomic E-state index is 0. The summed E-state index contributed by atoms with van der Waals surface area (Å²) in [5.41, 5.74) is 8.21.